The van der Waals surface area contributed by atoms with Crippen LogP contribution in [0.15, 0.2) is 70.2 Å². The standard InChI is InChI=1S/C23H22ClN3O5S/c24-19-10-9-16(14-21(19)33(30,31)27-11-3-4-12-27)22(28)26-20-8-2-1-7-18(20)23(29)25-15-17-6-5-13-32-17/h1-2,5-10,13-14H,3-4,11-12,15H2,(H,25,29)(H,26,28). The molecule has 0 unspecified atom stereocenters. The van der Waals surface area contributed by atoms with Gasteiger partial charge in [-0.1, -0.05) is 23.7 Å². The highest BCUT2D eigenvalue weighted by atomic mass is 35.5. The van der Waals surface area contributed by atoms with Crippen molar-refractivity contribution in [1.82, 2.24) is 9.62 Å². The van der Waals surface area contributed by atoms with E-state index in [1.807, 2.05) is 0 Å². The summed E-state index contributed by atoms with van der Waals surface area (Å²) in [5.41, 5.74) is 0.664. The zero-order chi connectivity index (χ0) is 23.4. The Labute approximate surface area is 196 Å². The van der Waals surface area contributed by atoms with E-state index in [0.29, 0.717) is 24.5 Å². The minimum Gasteiger partial charge on any atom is -0.467 e. The van der Waals surface area contributed by atoms with E-state index < -0.39 is 21.8 Å². The monoisotopic (exact) mass is 487 g/mol. The smallest absolute Gasteiger partial charge is 0.255 e. The number of carbonyl (C=O) groups is 2. The van der Waals surface area contributed by atoms with Crippen molar-refractivity contribution in [2.45, 2.75) is 24.3 Å². The molecule has 2 heterocycles. The summed E-state index contributed by atoms with van der Waals surface area (Å²) in [4.78, 5) is 25.5. The third-order valence-corrected chi connectivity index (χ3v) is 7.68. The lowest BCUT2D eigenvalue weighted by atomic mass is 10.1. The number of halogens is 1. The van der Waals surface area contributed by atoms with Gasteiger partial charge < -0.3 is 15.1 Å². The highest BCUT2D eigenvalue weighted by Crippen LogP contribution is 2.28. The third-order valence-electron chi connectivity index (χ3n) is 5.30. The van der Waals surface area contributed by atoms with E-state index >= 15 is 0 Å². The van der Waals surface area contributed by atoms with Crippen molar-refractivity contribution >= 4 is 39.1 Å². The molecule has 33 heavy (non-hydrogen) atoms. The molecule has 1 fully saturated rings. The number of furan rings is 1. The molecule has 1 aromatic heterocycles. The molecule has 0 saturated carbocycles. The molecule has 2 aromatic carbocycles. The first kappa shape index (κ1) is 23.0. The van der Waals surface area contributed by atoms with E-state index in [2.05, 4.69) is 10.6 Å². The molecule has 3 aromatic rings. The number of amides is 2. The topological polar surface area (TPSA) is 109 Å². The maximum absolute atomic E-state index is 13.0. The lowest BCUT2D eigenvalue weighted by Crippen LogP contribution is -2.28. The molecular formula is C23H22ClN3O5S. The van der Waals surface area contributed by atoms with Gasteiger partial charge in [0.05, 0.1) is 29.1 Å². The number of benzene rings is 2. The van der Waals surface area contributed by atoms with Gasteiger partial charge in [0.1, 0.15) is 10.7 Å². The number of para-hydroxylation sites is 1. The Kier molecular flexibility index (Phi) is 6.83. The van der Waals surface area contributed by atoms with Crippen LogP contribution in [0.2, 0.25) is 5.02 Å². The maximum Gasteiger partial charge on any atom is 0.255 e. The number of hydrogen-bond acceptors (Lipinski definition) is 5. The number of hydrogen-bond donors (Lipinski definition) is 2. The quantitative estimate of drug-likeness (QED) is 0.525. The second-order valence-corrected chi connectivity index (χ2v) is 9.83. The van der Waals surface area contributed by atoms with Gasteiger partial charge in [-0.2, -0.15) is 4.31 Å². The number of anilines is 1. The van der Waals surface area contributed by atoms with Gasteiger partial charge in [0, 0.05) is 18.7 Å². The Morgan fingerprint density at radius 2 is 1.76 bits per heavy atom. The summed E-state index contributed by atoms with van der Waals surface area (Å²) < 4.78 is 32.5. The van der Waals surface area contributed by atoms with Crippen LogP contribution in [0.5, 0.6) is 0 Å². The summed E-state index contributed by atoms with van der Waals surface area (Å²) in [5.74, 6) is -0.357. The molecule has 2 N–H and O–H groups in total. The molecule has 0 spiro atoms. The average Bonchev–Trinajstić information content (AvgIpc) is 3.52. The van der Waals surface area contributed by atoms with Crippen molar-refractivity contribution in [2.75, 3.05) is 18.4 Å². The van der Waals surface area contributed by atoms with Gasteiger partial charge in [0.15, 0.2) is 0 Å². The molecule has 0 atom stereocenters. The minimum atomic E-state index is -3.80. The summed E-state index contributed by atoms with van der Waals surface area (Å²) in [5, 5.41) is 5.48. The van der Waals surface area contributed by atoms with Gasteiger partial charge in [0.25, 0.3) is 11.8 Å². The Hall–Kier alpha value is -3.14. The van der Waals surface area contributed by atoms with E-state index in [0.717, 1.165) is 12.8 Å². The van der Waals surface area contributed by atoms with Crippen molar-refractivity contribution in [3.63, 3.8) is 0 Å². The fourth-order valence-electron chi connectivity index (χ4n) is 3.57. The van der Waals surface area contributed by atoms with Gasteiger partial charge in [-0.25, -0.2) is 8.42 Å². The molecule has 8 nitrogen and oxygen atoms in total. The van der Waals surface area contributed by atoms with Crippen LogP contribution in [0.3, 0.4) is 0 Å². The number of carbonyl (C=O) groups excluding carboxylic acids is 2. The molecule has 10 heteroatoms. The molecule has 0 radical (unpaired) electrons. The van der Waals surface area contributed by atoms with Crippen molar-refractivity contribution in [1.29, 1.82) is 0 Å². The second kappa shape index (κ2) is 9.78. The van der Waals surface area contributed by atoms with Gasteiger partial charge >= 0.3 is 0 Å². The molecule has 0 bridgehead atoms. The number of sulfonamides is 1. The first-order valence-corrected chi connectivity index (χ1v) is 12.2. The summed E-state index contributed by atoms with van der Waals surface area (Å²) in [6.45, 7) is 1.05. The molecule has 1 saturated heterocycles. The Morgan fingerprint density at radius 1 is 1.00 bits per heavy atom. The van der Waals surface area contributed by atoms with Gasteiger partial charge in [0.2, 0.25) is 10.0 Å². The van der Waals surface area contributed by atoms with Gasteiger partial charge in [-0.15, -0.1) is 0 Å². The van der Waals surface area contributed by atoms with E-state index in [1.165, 1.54) is 28.8 Å². The van der Waals surface area contributed by atoms with Crippen LogP contribution in [-0.2, 0) is 16.6 Å². The van der Waals surface area contributed by atoms with Crippen LogP contribution < -0.4 is 10.6 Å². The minimum absolute atomic E-state index is 0.0520. The Bertz CT molecular complexity index is 1270. The lowest BCUT2D eigenvalue weighted by molar-refractivity contribution is 0.0949. The summed E-state index contributed by atoms with van der Waals surface area (Å²) in [6.07, 6.45) is 3.09. The fraction of sp³-hybridized carbons (Fsp3) is 0.217. The molecular weight excluding hydrogens is 466 g/mol. The van der Waals surface area contributed by atoms with Crippen molar-refractivity contribution in [3.8, 4) is 0 Å². The lowest BCUT2D eigenvalue weighted by Gasteiger charge is -2.17. The number of rotatable bonds is 7. The first-order chi connectivity index (χ1) is 15.9. The Morgan fingerprint density at radius 3 is 2.48 bits per heavy atom. The highest BCUT2D eigenvalue weighted by Gasteiger charge is 2.30. The maximum atomic E-state index is 13.0. The van der Waals surface area contributed by atoms with Crippen LogP contribution in [0.25, 0.3) is 0 Å². The van der Waals surface area contributed by atoms with Crippen LogP contribution in [0.1, 0.15) is 39.3 Å². The predicted octanol–water partition coefficient (Wildman–Crippen LogP) is 3.90. The SMILES string of the molecule is O=C(Nc1ccccc1C(=O)NCc1ccco1)c1ccc(Cl)c(S(=O)(=O)N2CCCC2)c1. The zero-order valence-corrected chi connectivity index (χ0v) is 19.2. The summed E-state index contributed by atoms with van der Waals surface area (Å²) >= 11 is 6.17. The summed E-state index contributed by atoms with van der Waals surface area (Å²) in [6, 6.07) is 14.1. The summed E-state index contributed by atoms with van der Waals surface area (Å²) in [7, 11) is -3.80. The second-order valence-electron chi connectivity index (χ2n) is 7.52. The molecule has 4 rings (SSSR count). The van der Waals surface area contributed by atoms with E-state index in [4.69, 9.17) is 16.0 Å². The van der Waals surface area contributed by atoms with Crippen molar-refractivity contribution in [2.24, 2.45) is 0 Å². The largest absolute Gasteiger partial charge is 0.467 e. The fourth-order valence-corrected chi connectivity index (χ4v) is 5.59. The van der Waals surface area contributed by atoms with Crippen LogP contribution >= 0.6 is 11.6 Å². The van der Waals surface area contributed by atoms with E-state index in [9.17, 15) is 18.0 Å². The van der Waals surface area contributed by atoms with Crippen LogP contribution in [0.4, 0.5) is 5.69 Å². The van der Waals surface area contributed by atoms with E-state index in [-0.39, 0.29) is 27.6 Å². The molecule has 1 aliphatic heterocycles. The van der Waals surface area contributed by atoms with Crippen LogP contribution in [0, 0.1) is 0 Å². The van der Waals surface area contributed by atoms with Gasteiger partial charge in [-0.05, 0) is 55.3 Å². The molecule has 172 valence electrons. The van der Waals surface area contributed by atoms with Crippen LogP contribution in [-0.4, -0.2) is 37.6 Å². The first-order valence-electron chi connectivity index (χ1n) is 10.4. The molecule has 2 amide bonds. The third kappa shape index (κ3) is 5.11. The zero-order valence-electron chi connectivity index (χ0n) is 17.6. The average molecular weight is 488 g/mol. The number of nitrogens with one attached hydrogen (secondary N) is 2. The normalized spacial score (nSPS) is 14.2. The van der Waals surface area contributed by atoms with E-state index in [1.54, 1.807) is 36.4 Å². The predicted molar refractivity (Wildman–Crippen MR) is 124 cm³/mol. The molecule has 0 aliphatic carbocycles. The number of nitrogens with zero attached hydrogens (tertiary/aromatic N) is 1. The van der Waals surface area contributed by atoms with Crippen molar-refractivity contribution < 1.29 is 22.4 Å². The van der Waals surface area contributed by atoms with Crippen molar-refractivity contribution in [3.05, 3.63) is 82.8 Å². The highest BCUT2D eigenvalue weighted by molar-refractivity contribution is 7.89. The molecule has 1 aliphatic rings. The van der Waals surface area contributed by atoms with Gasteiger partial charge in [-0.3, -0.25) is 9.59 Å². The Balaban J connectivity index is 1.54.